The smallest absolute Gasteiger partial charge is 0.303 e. The van der Waals surface area contributed by atoms with Crippen molar-refractivity contribution in [2.24, 2.45) is 5.92 Å². The van der Waals surface area contributed by atoms with E-state index in [4.69, 9.17) is 14.6 Å². The SMILES string of the molecule is CC(CCNC1CCOC2(CCOCC2)C1)CCC(=O)O. The van der Waals surface area contributed by atoms with E-state index in [0.29, 0.717) is 12.0 Å². The highest BCUT2D eigenvalue weighted by molar-refractivity contribution is 5.66. The monoisotopic (exact) mass is 299 g/mol. The first-order valence-corrected chi connectivity index (χ1v) is 8.26. The molecule has 2 aliphatic heterocycles. The summed E-state index contributed by atoms with van der Waals surface area (Å²) in [5, 5.41) is 12.3. The molecule has 1 spiro atoms. The van der Waals surface area contributed by atoms with Crippen LogP contribution in [0.1, 0.15) is 51.9 Å². The minimum Gasteiger partial charge on any atom is -0.481 e. The molecular weight excluding hydrogens is 270 g/mol. The van der Waals surface area contributed by atoms with Crippen molar-refractivity contribution in [3.63, 3.8) is 0 Å². The number of aliphatic carboxylic acids is 1. The fourth-order valence-corrected chi connectivity index (χ4v) is 3.34. The Kier molecular flexibility index (Phi) is 6.45. The highest BCUT2D eigenvalue weighted by Crippen LogP contribution is 2.34. The average Bonchev–Trinajstić information content (AvgIpc) is 2.46. The van der Waals surface area contributed by atoms with Crippen molar-refractivity contribution in [1.82, 2.24) is 5.32 Å². The molecule has 5 heteroatoms. The van der Waals surface area contributed by atoms with Crippen LogP contribution in [0.3, 0.4) is 0 Å². The Morgan fingerprint density at radius 1 is 1.33 bits per heavy atom. The lowest BCUT2D eigenvalue weighted by molar-refractivity contribution is -0.140. The molecule has 122 valence electrons. The van der Waals surface area contributed by atoms with Crippen molar-refractivity contribution in [2.45, 2.75) is 63.5 Å². The number of carbonyl (C=O) groups is 1. The second-order valence-electron chi connectivity index (χ2n) is 6.61. The minimum absolute atomic E-state index is 0.0447. The van der Waals surface area contributed by atoms with Crippen LogP contribution in [0.15, 0.2) is 0 Å². The van der Waals surface area contributed by atoms with Gasteiger partial charge < -0.3 is 19.9 Å². The molecular formula is C16H29NO4. The lowest BCUT2D eigenvalue weighted by Gasteiger charge is -2.43. The molecule has 0 aliphatic carbocycles. The van der Waals surface area contributed by atoms with Gasteiger partial charge in [0.1, 0.15) is 0 Å². The second-order valence-corrected chi connectivity index (χ2v) is 6.61. The molecule has 21 heavy (non-hydrogen) atoms. The van der Waals surface area contributed by atoms with Gasteiger partial charge in [-0.25, -0.2) is 0 Å². The van der Waals surface area contributed by atoms with E-state index in [1.807, 2.05) is 0 Å². The van der Waals surface area contributed by atoms with E-state index in [0.717, 1.165) is 64.9 Å². The normalized spacial score (nSPS) is 26.6. The lowest BCUT2D eigenvalue weighted by atomic mass is 9.84. The summed E-state index contributed by atoms with van der Waals surface area (Å²) in [7, 11) is 0. The van der Waals surface area contributed by atoms with Gasteiger partial charge in [-0.2, -0.15) is 0 Å². The summed E-state index contributed by atoms with van der Waals surface area (Å²) < 4.78 is 11.5. The first-order chi connectivity index (χ1) is 10.1. The molecule has 0 aromatic rings. The van der Waals surface area contributed by atoms with Crippen LogP contribution in [-0.2, 0) is 14.3 Å². The van der Waals surface area contributed by atoms with E-state index in [9.17, 15) is 4.79 Å². The molecule has 0 amide bonds. The quantitative estimate of drug-likeness (QED) is 0.754. The van der Waals surface area contributed by atoms with Crippen LogP contribution >= 0.6 is 0 Å². The summed E-state index contributed by atoms with van der Waals surface area (Å²) in [5.74, 6) is -0.230. The maximum absolute atomic E-state index is 10.6. The molecule has 2 saturated heterocycles. The number of hydrogen-bond donors (Lipinski definition) is 2. The largest absolute Gasteiger partial charge is 0.481 e. The van der Waals surface area contributed by atoms with Crippen LogP contribution in [-0.4, -0.2) is 49.1 Å². The van der Waals surface area contributed by atoms with E-state index in [-0.39, 0.29) is 12.0 Å². The molecule has 2 heterocycles. The minimum atomic E-state index is -0.694. The Morgan fingerprint density at radius 2 is 2.10 bits per heavy atom. The van der Waals surface area contributed by atoms with Crippen molar-refractivity contribution in [2.75, 3.05) is 26.4 Å². The Balaban J connectivity index is 1.65. The van der Waals surface area contributed by atoms with Crippen LogP contribution < -0.4 is 5.32 Å². The number of carboxylic acid groups (broad SMARTS) is 1. The Bertz CT molecular complexity index is 323. The van der Waals surface area contributed by atoms with E-state index in [1.54, 1.807) is 0 Å². The van der Waals surface area contributed by atoms with Crippen molar-refractivity contribution in [3.8, 4) is 0 Å². The molecule has 2 rings (SSSR count). The molecule has 0 saturated carbocycles. The molecule has 0 bridgehead atoms. The summed E-state index contributed by atoms with van der Waals surface area (Å²) >= 11 is 0. The van der Waals surface area contributed by atoms with Gasteiger partial charge in [-0.3, -0.25) is 4.79 Å². The van der Waals surface area contributed by atoms with Gasteiger partial charge in [0, 0.05) is 32.3 Å². The van der Waals surface area contributed by atoms with Crippen LogP contribution in [0.5, 0.6) is 0 Å². The molecule has 0 aromatic carbocycles. The van der Waals surface area contributed by atoms with Gasteiger partial charge in [0.05, 0.1) is 5.60 Å². The third-order valence-corrected chi connectivity index (χ3v) is 4.82. The number of rotatable bonds is 7. The standard InChI is InChI=1S/C16H29NO4/c1-13(2-3-15(18)19)4-8-17-14-5-9-21-16(12-14)6-10-20-11-7-16/h13-14,17H,2-12H2,1H3,(H,18,19). The van der Waals surface area contributed by atoms with Crippen molar-refractivity contribution in [1.29, 1.82) is 0 Å². The third kappa shape index (κ3) is 5.57. The lowest BCUT2D eigenvalue weighted by Crippen LogP contribution is -2.50. The highest BCUT2D eigenvalue weighted by atomic mass is 16.5. The molecule has 2 unspecified atom stereocenters. The van der Waals surface area contributed by atoms with E-state index in [1.165, 1.54) is 0 Å². The first-order valence-electron chi connectivity index (χ1n) is 8.26. The zero-order valence-corrected chi connectivity index (χ0v) is 13.1. The van der Waals surface area contributed by atoms with E-state index < -0.39 is 5.97 Å². The number of nitrogens with one attached hydrogen (secondary N) is 1. The summed E-state index contributed by atoms with van der Waals surface area (Å²) in [4.78, 5) is 10.6. The van der Waals surface area contributed by atoms with Gasteiger partial charge in [0.2, 0.25) is 0 Å². The highest BCUT2D eigenvalue weighted by Gasteiger charge is 2.38. The summed E-state index contributed by atoms with van der Waals surface area (Å²) in [6.45, 7) is 5.58. The first kappa shape index (κ1) is 16.7. The van der Waals surface area contributed by atoms with Gasteiger partial charge in [0.15, 0.2) is 0 Å². The maximum atomic E-state index is 10.6. The van der Waals surface area contributed by atoms with Crippen LogP contribution in [0.4, 0.5) is 0 Å². The molecule has 2 N–H and O–H groups in total. The molecule has 0 aromatic heterocycles. The summed E-state index contributed by atoms with van der Waals surface area (Å²) in [6, 6.07) is 0.531. The van der Waals surface area contributed by atoms with Gasteiger partial charge in [0.25, 0.3) is 0 Å². The maximum Gasteiger partial charge on any atom is 0.303 e. The van der Waals surface area contributed by atoms with E-state index in [2.05, 4.69) is 12.2 Å². The zero-order valence-electron chi connectivity index (χ0n) is 13.1. The zero-order chi connectivity index (χ0) is 15.1. The number of ether oxygens (including phenoxy) is 2. The topological polar surface area (TPSA) is 67.8 Å². The van der Waals surface area contributed by atoms with Gasteiger partial charge in [-0.05, 0) is 51.0 Å². The summed E-state index contributed by atoms with van der Waals surface area (Å²) in [6.07, 6.45) is 6.28. The molecule has 0 radical (unpaired) electrons. The van der Waals surface area contributed by atoms with Crippen LogP contribution in [0, 0.1) is 5.92 Å². The van der Waals surface area contributed by atoms with Gasteiger partial charge in [-0.15, -0.1) is 0 Å². The Morgan fingerprint density at radius 3 is 2.81 bits per heavy atom. The average molecular weight is 299 g/mol. The van der Waals surface area contributed by atoms with Crippen molar-refractivity contribution < 1.29 is 19.4 Å². The fourth-order valence-electron chi connectivity index (χ4n) is 3.34. The van der Waals surface area contributed by atoms with Crippen LogP contribution in [0.2, 0.25) is 0 Å². The number of carboxylic acids is 1. The van der Waals surface area contributed by atoms with Crippen molar-refractivity contribution in [3.05, 3.63) is 0 Å². The predicted molar refractivity (Wildman–Crippen MR) is 80.4 cm³/mol. The molecule has 2 fully saturated rings. The Labute approximate surface area is 127 Å². The van der Waals surface area contributed by atoms with E-state index >= 15 is 0 Å². The van der Waals surface area contributed by atoms with Gasteiger partial charge >= 0.3 is 5.97 Å². The number of hydrogen-bond acceptors (Lipinski definition) is 4. The van der Waals surface area contributed by atoms with Crippen molar-refractivity contribution >= 4 is 5.97 Å². The molecule has 2 aliphatic rings. The Hall–Kier alpha value is -0.650. The van der Waals surface area contributed by atoms with Gasteiger partial charge in [-0.1, -0.05) is 6.92 Å². The fraction of sp³-hybridized carbons (Fsp3) is 0.938. The second kappa shape index (κ2) is 8.11. The summed E-state index contributed by atoms with van der Waals surface area (Å²) in [5.41, 5.74) is 0.0447. The molecule has 5 nitrogen and oxygen atoms in total. The van der Waals surface area contributed by atoms with Crippen LogP contribution in [0.25, 0.3) is 0 Å². The predicted octanol–water partition coefficient (Wildman–Crippen LogP) is 2.20. The third-order valence-electron chi connectivity index (χ3n) is 4.82. The molecule has 2 atom stereocenters.